The lowest BCUT2D eigenvalue weighted by Gasteiger charge is -2.02. The van der Waals surface area contributed by atoms with E-state index in [1.54, 1.807) is 0 Å². The predicted octanol–water partition coefficient (Wildman–Crippen LogP) is 3.89. The molecule has 110 valence electrons. The number of hydrogen-bond acceptors (Lipinski definition) is 2. The summed E-state index contributed by atoms with van der Waals surface area (Å²) in [4.78, 5) is 16.8. The third kappa shape index (κ3) is 3.15. The van der Waals surface area contributed by atoms with Crippen LogP contribution >= 0.6 is 11.3 Å². The zero-order valence-corrected chi connectivity index (χ0v) is 12.9. The van der Waals surface area contributed by atoms with Crippen LogP contribution in [0.5, 0.6) is 0 Å². The van der Waals surface area contributed by atoms with Crippen molar-refractivity contribution in [2.45, 2.75) is 0 Å². The molecule has 1 aromatic heterocycles. The van der Waals surface area contributed by atoms with E-state index in [4.69, 9.17) is 0 Å². The van der Waals surface area contributed by atoms with Gasteiger partial charge in [-0.1, -0.05) is 48.5 Å². The van der Waals surface area contributed by atoms with Crippen molar-refractivity contribution in [1.29, 1.82) is 0 Å². The van der Waals surface area contributed by atoms with Crippen LogP contribution in [-0.4, -0.2) is 10.6 Å². The van der Waals surface area contributed by atoms with Crippen LogP contribution in [0.2, 0.25) is 0 Å². The normalized spacial score (nSPS) is 11.4. The van der Waals surface area contributed by atoms with Crippen LogP contribution in [0, 0.1) is 0 Å². The van der Waals surface area contributed by atoms with E-state index in [1.807, 2.05) is 77.7 Å². The first kappa shape index (κ1) is 14.3. The van der Waals surface area contributed by atoms with Crippen LogP contribution in [-0.2, 0) is 7.05 Å². The summed E-state index contributed by atoms with van der Waals surface area (Å²) in [6.07, 6.45) is 0. The molecule has 2 aromatic carbocycles. The van der Waals surface area contributed by atoms with Gasteiger partial charge in [0.15, 0.2) is 4.80 Å². The molecule has 1 heterocycles. The summed E-state index contributed by atoms with van der Waals surface area (Å²) in [5.41, 5.74) is 2.88. The number of nitrogens with zero attached hydrogens (tertiary/aromatic N) is 2. The van der Waals surface area contributed by atoms with Crippen LogP contribution < -0.4 is 10.1 Å². The van der Waals surface area contributed by atoms with Crippen molar-refractivity contribution in [2.24, 2.45) is 12.0 Å². The number of urea groups is 1. The first-order chi connectivity index (χ1) is 10.7. The van der Waals surface area contributed by atoms with Crippen molar-refractivity contribution >= 4 is 23.1 Å². The van der Waals surface area contributed by atoms with E-state index in [-0.39, 0.29) is 6.03 Å². The maximum absolute atomic E-state index is 12.0. The van der Waals surface area contributed by atoms with Crippen molar-refractivity contribution in [2.75, 3.05) is 5.32 Å². The van der Waals surface area contributed by atoms with E-state index in [0.29, 0.717) is 4.80 Å². The second-order valence-corrected chi connectivity index (χ2v) is 5.57. The molecule has 4 nitrogen and oxygen atoms in total. The third-order valence-corrected chi connectivity index (χ3v) is 4.13. The molecule has 0 spiro atoms. The van der Waals surface area contributed by atoms with Gasteiger partial charge in [0, 0.05) is 18.1 Å². The van der Waals surface area contributed by atoms with Gasteiger partial charge >= 0.3 is 6.03 Å². The molecular formula is C17H15N3OS. The zero-order chi connectivity index (χ0) is 15.4. The topological polar surface area (TPSA) is 46.4 Å². The summed E-state index contributed by atoms with van der Waals surface area (Å²) in [7, 11) is 1.91. The highest BCUT2D eigenvalue weighted by Crippen LogP contribution is 2.18. The van der Waals surface area contributed by atoms with Crippen LogP contribution in [0.4, 0.5) is 10.5 Å². The average molecular weight is 309 g/mol. The minimum absolute atomic E-state index is 0.372. The van der Waals surface area contributed by atoms with Crippen molar-refractivity contribution in [3.05, 3.63) is 70.8 Å². The van der Waals surface area contributed by atoms with Crippen LogP contribution in [0.15, 0.2) is 71.0 Å². The molecule has 0 unspecified atom stereocenters. The molecule has 0 radical (unpaired) electrons. The molecule has 0 atom stereocenters. The standard InChI is InChI=1S/C17H15N3OS/c1-20-15(13-8-4-2-5-9-13)12-22-17(20)19-16(21)18-14-10-6-3-7-11-14/h2-12H,1H3,(H,18,21). The molecule has 1 N–H and O–H groups in total. The fourth-order valence-electron chi connectivity index (χ4n) is 2.10. The van der Waals surface area contributed by atoms with E-state index in [9.17, 15) is 4.79 Å². The smallest absolute Gasteiger partial charge is 0.319 e. The summed E-state index contributed by atoms with van der Waals surface area (Å²) in [5, 5.41) is 4.76. The number of aromatic nitrogens is 1. The quantitative estimate of drug-likeness (QED) is 0.767. The third-order valence-electron chi connectivity index (χ3n) is 3.22. The number of para-hydroxylation sites is 1. The van der Waals surface area contributed by atoms with E-state index >= 15 is 0 Å². The molecule has 0 bridgehead atoms. The highest BCUT2D eigenvalue weighted by atomic mass is 32.1. The Hall–Kier alpha value is -2.66. The number of carbonyl (C=O) groups excluding carboxylic acids is 1. The minimum Gasteiger partial charge on any atom is -0.319 e. The Morgan fingerprint density at radius 1 is 1.05 bits per heavy atom. The maximum atomic E-state index is 12.0. The Morgan fingerprint density at radius 3 is 2.36 bits per heavy atom. The Bertz CT molecular complexity index is 835. The number of nitrogens with one attached hydrogen (secondary N) is 1. The van der Waals surface area contributed by atoms with Crippen LogP contribution in [0.1, 0.15) is 0 Å². The summed E-state index contributed by atoms with van der Waals surface area (Å²) in [5.74, 6) is 0. The second-order valence-electron chi connectivity index (χ2n) is 4.74. The highest BCUT2D eigenvalue weighted by molar-refractivity contribution is 7.07. The lowest BCUT2D eigenvalue weighted by Crippen LogP contribution is -2.17. The first-order valence-corrected chi connectivity index (χ1v) is 7.73. The SMILES string of the molecule is Cn1c(-c2ccccc2)csc1=NC(=O)Nc1ccccc1. The Morgan fingerprint density at radius 2 is 1.68 bits per heavy atom. The molecule has 3 aromatic rings. The van der Waals surface area contributed by atoms with E-state index < -0.39 is 0 Å². The van der Waals surface area contributed by atoms with Crippen molar-refractivity contribution < 1.29 is 4.79 Å². The van der Waals surface area contributed by atoms with Crippen LogP contribution in [0.25, 0.3) is 11.3 Å². The lowest BCUT2D eigenvalue weighted by atomic mass is 10.2. The van der Waals surface area contributed by atoms with E-state index in [1.165, 1.54) is 11.3 Å². The van der Waals surface area contributed by atoms with Crippen molar-refractivity contribution in [3.63, 3.8) is 0 Å². The molecule has 0 saturated heterocycles. The van der Waals surface area contributed by atoms with Gasteiger partial charge in [0.25, 0.3) is 0 Å². The Kier molecular flexibility index (Phi) is 4.16. The second kappa shape index (κ2) is 6.41. The summed E-state index contributed by atoms with van der Waals surface area (Å²) >= 11 is 1.45. The number of thiazole rings is 1. The van der Waals surface area contributed by atoms with E-state index in [2.05, 4.69) is 10.3 Å². The van der Waals surface area contributed by atoms with Crippen molar-refractivity contribution in [3.8, 4) is 11.3 Å². The maximum Gasteiger partial charge on any atom is 0.348 e. The van der Waals surface area contributed by atoms with Crippen LogP contribution in [0.3, 0.4) is 0 Å². The number of amides is 2. The molecule has 0 aliphatic heterocycles. The molecule has 0 aliphatic rings. The van der Waals surface area contributed by atoms with Gasteiger partial charge in [0.1, 0.15) is 0 Å². The number of rotatable bonds is 2. The number of carbonyl (C=O) groups is 1. The number of benzene rings is 2. The molecule has 0 saturated carbocycles. The molecule has 0 fully saturated rings. The molecule has 22 heavy (non-hydrogen) atoms. The lowest BCUT2D eigenvalue weighted by molar-refractivity contribution is 0.259. The van der Waals surface area contributed by atoms with Gasteiger partial charge in [-0.05, 0) is 17.7 Å². The molecule has 0 aliphatic carbocycles. The highest BCUT2D eigenvalue weighted by Gasteiger charge is 2.05. The summed E-state index contributed by atoms with van der Waals surface area (Å²) in [6, 6.07) is 19.0. The first-order valence-electron chi connectivity index (χ1n) is 6.85. The van der Waals surface area contributed by atoms with Gasteiger partial charge in [-0.3, -0.25) is 0 Å². The van der Waals surface area contributed by atoms with Gasteiger partial charge in [-0.25, -0.2) is 4.79 Å². The summed E-state index contributed by atoms with van der Waals surface area (Å²) < 4.78 is 1.92. The summed E-state index contributed by atoms with van der Waals surface area (Å²) in [6.45, 7) is 0. The number of anilines is 1. The Balaban J connectivity index is 1.86. The van der Waals surface area contributed by atoms with E-state index in [0.717, 1.165) is 16.9 Å². The molecular weight excluding hydrogens is 294 g/mol. The van der Waals surface area contributed by atoms with Gasteiger partial charge in [-0.15, -0.1) is 11.3 Å². The van der Waals surface area contributed by atoms with Gasteiger partial charge in [0.2, 0.25) is 0 Å². The molecule has 3 rings (SSSR count). The predicted molar refractivity (Wildman–Crippen MR) is 89.7 cm³/mol. The monoisotopic (exact) mass is 309 g/mol. The van der Waals surface area contributed by atoms with Gasteiger partial charge < -0.3 is 9.88 Å². The average Bonchev–Trinajstić information content (AvgIpc) is 2.90. The molecule has 5 heteroatoms. The van der Waals surface area contributed by atoms with Gasteiger partial charge in [-0.2, -0.15) is 4.99 Å². The van der Waals surface area contributed by atoms with Gasteiger partial charge in [0.05, 0.1) is 5.69 Å². The van der Waals surface area contributed by atoms with Crippen molar-refractivity contribution in [1.82, 2.24) is 4.57 Å². The fourth-order valence-corrected chi connectivity index (χ4v) is 3.00. The zero-order valence-electron chi connectivity index (χ0n) is 12.1. The number of hydrogen-bond donors (Lipinski definition) is 1. The Labute approximate surface area is 132 Å². The minimum atomic E-state index is -0.372. The molecule has 2 amide bonds. The fraction of sp³-hybridized carbons (Fsp3) is 0.0588. The largest absolute Gasteiger partial charge is 0.348 e.